The van der Waals surface area contributed by atoms with Crippen molar-refractivity contribution in [2.45, 2.75) is 23.2 Å². The number of rotatable bonds is 9. The van der Waals surface area contributed by atoms with Crippen LogP contribution in [0.25, 0.3) is 0 Å². The first-order valence-electron chi connectivity index (χ1n) is 11.6. The molecule has 172 valence electrons. The molecule has 0 saturated carbocycles. The monoisotopic (exact) mass is 461 g/mol. The third-order valence-electron chi connectivity index (χ3n) is 7.07. The Labute approximate surface area is 201 Å². The van der Waals surface area contributed by atoms with Crippen LogP contribution >= 0.6 is 11.8 Å². The van der Waals surface area contributed by atoms with Crippen LogP contribution in [0, 0.1) is 5.92 Å². The van der Waals surface area contributed by atoms with E-state index in [9.17, 15) is 9.90 Å². The summed E-state index contributed by atoms with van der Waals surface area (Å²) in [6, 6.07) is 27.6. The summed E-state index contributed by atoms with van der Waals surface area (Å²) in [6.45, 7) is 3.01. The number of nitrogens with zero attached hydrogens (tertiary/aromatic N) is 1. The second-order valence-corrected chi connectivity index (χ2v) is 10.5. The van der Waals surface area contributed by atoms with E-state index in [4.69, 9.17) is 5.73 Å². The number of nitrogens with two attached hydrogens (primary N) is 1. The zero-order valence-electron chi connectivity index (χ0n) is 19.2. The molecule has 33 heavy (non-hydrogen) atoms. The Kier molecular flexibility index (Phi) is 7.11. The molecule has 1 heterocycles. The van der Waals surface area contributed by atoms with Crippen LogP contribution in [-0.2, 0) is 10.2 Å². The predicted molar refractivity (Wildman–Crippen MR) is 135 cm³/mol. The van der Waals surface area contributed by atoms with Crippen LogP contribution in [0.15, 0.2) is 89.8 Å². The van der Waals surface area contributed by atoms with Crippen LogP contribution < -0.4 is 5.73 Å². The number of quaternary nitrogens is 1. The number of phenols is 1. The van der Waals surface area contributed by atoms with E-state index in [2.05, 4.69) is 7.05 Å². The average molecular weight is 462 g/mol. The minimum absolute atomic E-state index is 0.142. The Bertz CT molecular complexity index is 1030. The smallest absolute Gasteiger partial charge is 0.233 e. The maximum Gasteiger partial charge on any atom is 0.233 e. The van der Waals surface area contributed by atoms with Gasteiger partial charge in [0, 0.05) is 29.4 Å². The van der Waals surface area contributed by atoms with Gasteiger partial charge in [-0.2, -0.15) is 0 Å². The number of thioether (sulfide) groups is 1. The third-order valence-corrected chi connectivity index (χ3v) is 8.15. The van der Waals surface area contributed by atoms with Crippen LogP contribution in [-0.4, -0.2) is 47.9 Å². The molecule has 3 N–H and O–H groups in total. The highest BCUT2D eigenvalue weighted by Crippen LogP contribution is 2.45. The molecule has 3 aromatic carbocycles. The van der Waals surface area contributed by atoms with Crippen molar-refractivity contribution in [3.8, 4) is 5.75 Å². The summed E-state index contributed by atoms with van der Waals surface area (Å²) in [5.74, 6) is 1.19. The molecule has 0 radical (unpaired) electrons. The average Bonchev–Trinajstić information content (AvgIpc) is 3.21. The number of primary amides is 1. The number of phenolic OH excluding ortho intramolecular Hbond substituents is 1. The molecule has 1 saturated heterocycles. The molecule has 2 atom stereocenters. The fraction of sp³-hybridized carbons (Fsp3) is 0.321. The van der Waals surface area contributed by atoms with Crippen molar-refractivity contribution in [2.24, 2.45) is 11.7 Å². The minimum atomic E-state index is -0.825. The molecule has 0 spiro atoms. The standard InChI is InChI=1S/C28H32N2O2S/c1-30(17-9-19-33-26-15-8-14-25(31)20-26)18-16-24(21-30)28(27(29)32,22-10-4-2-5-11-22)23-12-6-3-7-13-23/h2-8,10-15,20,24H,9,16-19,21H2,1H3,(H2-,29,31,32)/p+1/t24-,30?/m1/s1. The Hall–Kier alpha value is -2.76. The molecule has 0 bridgehead atoms. The first kappa shape index (κ1) is 23.4. The lowest BCUT2D eigenvalue weighted by atomic mass is 9.64. The highest BCUT2D eigenvalue weighted by Gasteiger charge is 2.53. The van der Waals surface area contributed by atoms with Crippen molar-refractivity contribution in [2.75, 3.05) is 32.4 Å². The Morgan fingerprint density at radius 1 is 1.03 bits per heavy atom. The van der Waals surface area contributed by atoms with Gasteiger partial charge < -0.3 is 15.3 Å². The highest BCUT2D eigenvalue weighted by atomic mass is 32.2. The van der Waals surface area contributed by atoms with Gasteiger partial charge in [-0.25, -0.2) is 0 Å². The number of likely N-dealkylation sites (tertiary alicyclic amines) is 1. The van der Waals surface area contributed by atoms with Crippen LogP contribution in [0.5, 0.6) is 5.75 Å². The highest BCUT2D eigenvalue weighted by molar-refractivity contribution is 7.99. The quantitative estimate of drug-likeness (QED) is 0.273. The number of carbonyl (C=O) groups excluding carboxylic acids is 1. The summed E-state index contributed by atoms with van der Waals surface area (Å²) in [5, 5.41) is 9.67. The Morgan fingerprint density at radius 2 is 1.67 bits per heavy atom. The number of benzene rings is 3. The van der Waals surface area contributed by atoms with Gasteiger partial charge in [0.25, 0.3) is 0 Å². The van der Waals surface area contributed by atoms with Crippen molar-refractivity contribution in [1.82, 2.24) is 0 Å². The fourth-order valence-electron chi connectivity index (χ4n) is 5.47. The van der Waals surface area contributed by atoms with E-state index in [0.29, 0.717) is 5.75 Å². The van der Waals surface area contributed by atoms with E-state index in [0.717, 1.165) is 58.7 Å². The van der Waals surface area contributed by atoms with Gasteiger partial charge in [0.1, 0.15) is 11.2 Å². The van der Waals surface area contributed by atoms with Crippen molar-refractivity contribution >= 4 is 17.7 Å². The van der Waals surface area contributed by atoms with Crippen molar-refractivity contribution < 1.29 is 14.4 Å². The lowest BCUT2D eigenvalue weighted by Gasteiger charge is -2.38. The van der Waals surface area contributed by atoms with Crippen LogP contribution in [0.3, 0.4) is 0 Å². The predicted octanol–water partition coefficient (Wildman–Crippen LogP) is 4.81. The molecule has 5 heteroatoms. The first-order chi connectivity index (χ1) is 15.9. The fourth-order valence-corrected chi connectivity index (χ4v) is 6.36. The number of hydrogen-bond donors (Lipinski definition) is 2. The molecule has 3 aromatic rings. The molecule has 4 nitrogen and oxygen atoms in total. The van der Waals surface area contributed by atoms with Crippen molar-refractivity contribution in [1.29, 1.82) is 0 Å². The molecular formula is C28H33N2O2S+. The van der Waals surface area contributed by atoms with Crippen molar-refractivity contribution in [3.63, 3.8) is 0 Å². The molecule has 0 aliphatic carbocycles. The zero-order chi connectivity index (χ0) is 23.3. The molecular weight excluding hydrogens is 428 g/mol. The SMILES string of the molecule is C[N+]1(CCCSc2cccc(O)c2)CC[C@@H](C(C(N)=O)(c2ccccc2)c2ccccc2)C1. The molecule has 1 unspecified atom stereocenters. The molecule has 1 aliphatic heterocycles. The normalized spacial score (nSPS) is 20.6. The number of aromatic hydroxyl groups is 1. The number of hydrogen-bond acceptors (Lipinski definition) is 3. The number of amides is 1. The van der Waals surface area contributed by atoms with Crippen LogP contribution in [0.2, 0.25) is 0 Å². The van der Waals surface area contributed by atoms with Gasteiger partial charge >= 0.3 is 0 Å². The Morgan fingerprint density at radius 3 is 2.24 bits per heavy atom. The second kappa shape index (κ2) is 10.0. The molecule has 1 aliphatic rings. The minimum Gasteiger partial charge on any atom is -0.508 e. The van der Waals surface area contributed by atoms with Gasteiger partial charge in [0.15, 0.2) is 0 Å². The van der Waals surface area contributed by atoms with Gasteiger partial charge in [-0.15, -0.1) is 11.8 Å². The van der Waals surface area contributed by atoms with E-state index >= 15 is 0 Å². The van der Waals surface area contributed by atoms with E-state index in [1.165, 1.54) is 0 Å². The summed E-state index contributed by atoms with van der Waals surface area (Å²) < 4.78 is 0.944. The molecule has 0 aromatic heterocycles. The van der Waals surface area contributed by atoms with Gasteiger partial charge in [0.2, 0.25) is 5.91 Å². The summed E-state index contributed by atoms with van der Waals surface area (Å²) in [4.78, 5) is 14.4. The third kappa shape index (κ3) is 4.94. The first-order valence-corrected chi connectivity index (χ1v) is 12.6. The lowest BCUT2D eigenvalue weighted by Crippen LogP contribution is -2.51. The summed E-state index contributed by atoms with van der Waals surface area (Å²) in [5.41, 5.74) is 7.38. The maximum atomic E-state index is 13.3. The largest absolute Gasteiger partial charge is 0.508 e. The maximum absolute atomic E-state index is 13.3. The van der Waals surface area contributed by atoms with E-state index in [1.54, 1.807) is 17.8 Å². The van der Waals surface area contributed by atoms with Gasteiger partial charge in [0.05, 0.1) is 26.7 Å². The van der Waals surface area contributed by atoms with E-state index < -0.39 is 5.41 Å². The Balaban J connectivity index is 1.52. The molecule has 4 rings (SSSR count). The van der Waals surface area contributed by atoms with E-state index in [-0.39, 0.29) is 11.8 Å². The topological polar surface area (TPSA) is 63.3 Å². The molecule has 1 amide bonds. The summed E-state index contributed by atoms with van der Waals surface area (Å²) in [7, 11) is 2.31. The van der Waals surface area contributed by atoms with Crippen LogP contribution in [0.1, 0.15) is 24.0 Å². The summed E-state index contributed by atoms with van der Waals surface area (Å²) >= 11 is 1.78. The van der Waals surface area contributed by atoms with Gasteiger partial charge in [-0.1, -0.05) is 66.7 Å². The summed E-state index contributed by atoms with van der Waals surface area (Å²) in [6.07, 6.45) is 2.03. The molecule has 1 fully saturated rings. The van der Waals surface area contributed by atoms with E-state index in [1.807, 2.05) is 78.9 Å². The van der Waals surface area contributed by atoms with Crippen molar-refractivity contribution in [3.05, 3.63) is 96.1 Å². The zero-order valence-corrected chi connectivity index (χ0v) is 20.0. The van der Waals surface area contributed by atoms with Gasteiger partial charge in [-0.3, -0.25) is 4.79 Å². The van der Waals surface area contributed by atoms with Crippen LogP contribution in [0.4, 0.5) is 0 Å². The van der Waals surface area contributed by atoms with Gasteiger partial charge in [-0.05, 0) is 29.3 Å². The lowest BCUT2D eigenvalue weighted by molar-refractivity contribution is -0.899. The second-order valence-electron chi connectivity index (χ2n) is 9.34. The number of carbonyl (C=O) groups is 1.